The van der Waals surface area contributed by atoms with E-state index < -0.39 is 18.4 Å². The fourth-order valence-electron chi connectivity index (χ4n) is 1.62. The third-order valence-corrected chi connectivity index (χ3v) is 2.55. The quantitative estimate of drug-likeness (QED) is 0.604. The Bertz CT molecular complexity index is 319. The number of hydrogen-bond donors (Lipinski definition) is 3. The van der Waals surface area contributed by atoms with E-state index in [1.807, 2.05) is 0 Å². The molecule has 1 unspecified atom stereocenters. The van der Waals surface area contributed by atoms with Gasteiger partial charge in [0.05, 0.1) is 6.54 Å². The first kappa shape index (κ1) is 13.3. The van der Waals surface area contributed by atoms with E-state index in [0.29, 0.717) is 19.0 Å². The van der Waals surface area contributed by atoms with Crippen LogP contribution in [0.3, 0.4) is 0 Å². The predicted octanol–water partition coefficient (Wildman–Crippen LogP) is -0.761. The van der Waals surface area contributed by atoms with Crippen LogP contribution in [0.25, 0.3) is 0 Å². The molecule has 0 aromatic heterocycles. The molecule has 7 heteroatoms. The standard InChI is InChI=1S/C10H17N3O4/c1-7-2-3-13(6-7)10(17)12-4-8(14)11-5-9(15)16/h7H,2-6H2,1H3,(H,11,14)(H,12,17)(H,15,16). The summed E-state index contributed by atoms with van der Waals surface area (Å²) >= 11 is 0. The number of aliphatic carboxylic acids is 1. The van der Waals surface area contributed by atoms with Crippen molar-refractivity contribution in [1.29, 1.82) is 0 Å². The van der Waals surface area contributed by atoms with Crippen molar-refractivity contribution in [2.75, 3.05) is 26.2 Å². The number of urea groups is 1. The lowest BCUT2D eigenvalue weighted by atomic mass is 10.2. The fraction of sp³-hybridized carbons (Fsp3) is 0.700. The summed E-state index contributed by atoms with van der Waals surface area (Å²) in [6.07, 6.45) is 0.971. The molecule has 0 aromatic carbocycles. The van der Waals surface area contributed by atoms with Gasteiger partial charge in [0, 0.05) is 13.1 Å². The Balaban J connectivity index is 2.19. The number of carbonyl (C=O) groups is 3. The number of carbonyl (C=O) groups excluding carboxylic acids is 2. The number of amides is 3. The summed E-state index contributed by atoms with van der Waals surface area (Å²) in [6, 6.07) is -0.278. The van der Waals surface area contributed by atoms with Crippen molar-refractivity contribution in [3.8, 4) is 0 Å². The van der Waals surface area contributed by atoms with Crippen molar-refractivity contribution >= 4 is 17.9 Å². The molecule has 0 saturated carbocycles. The molecule has 0 aromatic rings. The molecule has 0 bridgehead atoms. The van der Waals surface area contributed by atoms with Gasteiger partial charge in [-0.15, -0.1) is 0 Å². The van der Waals surface area contributed by atoms with Crippen LogP contribution in [0, 0.1) is 5.92 Å². The highest BCUT2D eigenvalue weighted by Gasteiger charge is 2.23. The molecule has 1 heterocycles. The summed E-state index contributed by atoms with van der Waals surface area (Å²) in [4.78, 5) is 34.5. The molecule has 96 valence electrons. The first-order valence-electron chi connectivity index (χ1n) is 5.50. The van der Waals surface area contributed by atoms with Crippen LogP contribution in [0.15, 0.2) is 0 Å². The summed E-state index contributed by atoms with van der Waals surface area (Å²) in [5.41, 5.74) is 0. The summed E-state index contributed by atoms with van der Waals surface area (Å²) in [5.74, 6) is -1.13. The minimum atomic E-state index is -1.11. The lowest BCUT2D eigenvalue weighted by Crippen LogP contribution is -2.44. The Morgan fingerprint density at radius 3 is 2.53 bits per heavy atom. The zero-order valence-electron chi connectivity index (χ0n) is 9.73. The van der Waals surface area contributed by atoms with Gasteiger partial charge in [0.2, 0.25) is 5.91 Å². The van der Waals surface area contributed by atoms with Crippen LogP contribution in [0.5, 0.6) is 0 Å². The highest BCUT2D eigenvalue weighted by Crippen LogP contribution is 2.14. The number of carboxylic acids is 1. The molecule has 3 N–H and O–H groups in total. The average molecular weight is 243 g/mol. The summed E-state index contributed by atoms with van der Waals surface area (Å²) in [7, 11) is 0. The van der Waals surface area contributed by atoms with Gasteiger partial charge in [-0.05, 0) is 12.3 Å². The predicted molar refractivity (Wildman–Crippen MR) is 59.4 cm³/mol. The number of rotatable bonds is 4. The van der Waals surface area contributed by atoms with Crippen LogP contribution in [0.2, 0.25) is 0 Å². The van der Waals surface area contributed by atoms with Crippen molar-refractivity contribution < 1.29 is 19.5 Å². The van der Waals surface area contributed by atoms with E-state index in [1.54, 1.807) is 4.90 Å². The van der Waals surface area contributed by atoms with Gasteiger partial charge in [-0.25, -0.2) is 4.79 Å². The number of nitrogens with zero attached hydrogens (tertiary/aromatic N) is 1. The molecule has 3 amide bonds. The first-order chi connectivity index (χ1) is 7.99. The summed E-state index contributed by atoms with van der Waals surface area (Å²) in [6.45, 7) is 2.83. The number of carboxylic acid groups (broad SMARTS) is 1. The van der Waals surface area contributed by atoms with Crippen LogP contribution in [-0.4, -0.2) is 54.1 Å². The van der Waals surface area contributed by atoms with Crippen molar-refractivity contribution in [1.82, 2.24) is 15.5 Å². The monoisotopic (exact) mass is 243 g/mol. The lowest BCUT2D eigenvalue weighted by Gasteiger charge is -2.16. The maximum absolute atomic E-state index is 11.6. The van der Waals surface area contributed by atoms with Gasteiger partial charge in [0.1, 0.15) is 6.54 Å². The molecular formula is C10H17N3O4. The van der Waals surface area contributed by atoms with Gasteiger partial charge >= 0.3 is 12.0 Å². The number of likely N-dealkylation sites (tertiary alicyclic amines) is 1. The molecular weight excluding hydrogens is 226 g/mol. The molecule has 1 fully saturated rings. The number of hydrogen-bond acceptors (Lipinski definition) is 3. The maximum Gasteiger partial charge on any atom is 0.322 e. The molecule has 1 aliphatic rings. The van der Waals surface area contributed by atoms with Crippen molar-refractivity contribution in [3.05, 3.63) is 0 Å². The summed E-state index contributed by atoms with van der Waals surface area (Å²) < 4.78 is 0. The van der Waals surface area contributed by atoms with Gasteiger partial charge in [-0.1, -0.05) is 6.92 Å². The van der Waals surface area contributed by atoms with E-state index >= 15 is 0 Å². The van der Waals surface area contributed by atoms with Crippen molar-refractivity contribution in [2.24, 2.45) is 5.92 Å². The average Bonchev–Trinajstić information content (AvgIpc) is 2.70. The molecule has 17 heavy (non-hydrogen) atoms. The van der Waals surface area contributed by atoms with Crippen LogP contribution >= 0.6 is 0 Å². The topological polar surface area (TPSA) is 98.7 Å². The molecule has 0 aliphatic carbocycles. The van der Waals surface area contributed by atoms with Crippen LogP contribution in [-0.2, 0) is 9.59 Å². The Morgan fingerprint density at radius 2 is 2.00 bits per heavy atom. The smallest absolute Gasteiger partial charge is 0.322 e. The van der Waals surface area contributed by atoms with E-state index in [0.717, 1.165) is 6.42 Å². The normalized spacial score (nSPS) is 18.9. The molecule has 1 saturated heterocycles. The van der Waals surface area contributed by atoms with E-state index in [-0.39, 0.29) is 12.6 Å². The molecule has 1 atom stereocenters. The molecule has 7 nitrogen and oxygen atoms in total. The fourth-order valence-corrected chi connectivity index (χ4v) is 1.62. The molecule has 1 rings (SSSR count). The Labute approximate surface area is 99.2 Å². The van der Waals surface area contributed by atoms with Gasteiger partial charge in [0.25, 0.3) is 0 Å². The van der Waals surface area contributed by atoms with Gasteiger partial charge < -0.3 is 20.6 Å². The molecule has 1 aliphatic heterocycles. The highest BCUT2D eigenvalue weighted by atomic mass is 16.4. The largest absolute Gasteiger partial charge is 0.480 e. The molecule has 0 spiro atoms. The number of nitrogens with one attached hydrogen (secondary N) is 2. The Hall–Kier alpha value is -1.79. The maximum atomic E-state index is 11.6. The lowest BCUT2D eigenvalue weighted by molar-refractivity contribution is -0.137. The van der Waals surface area contributed by atoms with E-state index in [4.69, 9.17) is 5.11 Å². The highest BCUT2D eigenvalue weighted by molar-refractivity contribution is 5.86. The van der Waals surface area contributed by atoms with Crippen LogP contribution in [0.1, 0.15) is 13.3 Å². The minimum absolute atomic E-state index is 0.197. The summed E-state index contributed by atoms with van der Waals surface area (Å²) in [5, 5.41) is 12.9. The Morgan fingerprint density at radius 1 is 1.29 bits per heavy atom. The SMILES string of the molecule is CC1CCN(C(=O)NCC(=O)NCC(=O)O)C1. The van der Waals surface area contributed by atoms with Crippen LogP contribution < -0.4 is 10.6 Å². The van der Waals surface area contributed by atoms with E-state index in [1.165, 1.54) is 0 Å². The van der Waals surface area contributed by atoms with E-state index in [9.17, 15) is 14.4 Å². The second-order valence-electron chi connectivity index (χ2n) is 4.17. The van der Waals surface area contributed by atoms with Gasteiger partial charge in [-0.3, -0.25) is 9.59 Å². The third kappa shape index (κ3) is 4.71. The van der Waals surface area contributed by atoms with Crippen molar-refractivity contribution in [2.45, 2.75) is 13.3 Å². The second-order valence-corrected chi connectivity index (χ2v) is 4.17. The van der Waals surface area contributed by atoms with E-state index in [2.05, 4.69) is 17.6 Å². The van der Waals surface area contributed by atoms with Gasteiger partial charge in [-0.2, -0.15) is 0 Å². The minimum Gasteiger partial charge on any atom is -0.480 e. The van der Waals surface area contributed by atoms with Crippen LogP contribution in [0.4, 0.5) is 4.79 Å². The zero-order valence-corrected chi connectivity index (χ0v) is 9.73. The Kier molecular flexibility index (Phi) is 4.74. The molecule has 0 radical (unpaired) electrons. The van der Waals surface area contributed by atoms with Crippen molar-refractivity contribution in [3.63, 3.8) is 0 Å². The third-order valence-electron chi connectivity index (χ3n) is 2.55. The second kappa shape index (κ2) is 6.07. The zero-order chi connectivity index (χ0) is 12.8. The van der Waals surface area contributed by atoms with Gasteiger partial charge in [0.15, 0.2) is 0 Å². The first-order valence-corrected chi connectivity index (χ1v) is 5.50.